The van der Waals surface area contributed by atoms with Crippen LogP contribution in [0.2, 0.25) is 5.02 Å². The third kappa shape index (κ3) is 6.78. The first kappa shape index (κ1) is 26.0. The van der Waals surface area contributed by atoms with Crippen molar-refractivity contribution in [1.29, 1.82) is 0 Å². The van der Waals surface area contributed by atoms with E-state index in [0.29, 0.717) is 16.0 Å². The highest BCUT2D eigenvalue weighted by molar-refractivity contribution is 7.99. The number of thioether (sulfide) groups is 1. The minimum Gasteiger partial charge on any atom is -0.497 e. The van der Waals surface area contributed by atoms with Crippen LogP contribution in [0.25, 0.3) is 23.2 Å². The average molecular weight is 534 g/mol. The summed E-state index contributed by atoms with van der Waals surface area (Å²) in [6.07, 6.45) is 5.08. The molecule has 8 nitrogen and oxygen atoms in total. The lowest BCUT2D eigenvalue weighted by molar-refractivity contribution is -0.118. The van der Waals surface area contributed by atoms with Gasteiger partial charge in [-0.2, -0.15) is 5.10 Å². The maximum Gasteiger partial charge on any atom is 0.250 e. The van der Waals surface area contributed by atoms with Crippen molar-refractivity contribution in [2.45, 2.75) is 5.16 Å². The summed E-state index contributed by atoms with van der Waals surface area (Å²) in [6.45, 7) is 0. The molecule has 1 aromatic heterocycles. The molecule has 1 heterocycles. The minimum atomic E-state index is -0.274. The molecule has 0 radical (unpaired) electrons. The van der Waals surface area contributed by atoms with E-state index in [1.807, 2.05) is 71.3 Å². The Morgan fingerprint density at radius 3 is 2.51 bits per heavy atom. The third-order valence-electron chi connectivity index (χ3n) is 5.16. The van der Waals surface area contributed by atoms with E-state index >= 15 is 0 Å². The SMILES string of the molecule is COc1ccc(-c2nnc(SCC(=O)N/N=C/C=C/c3ccccc3OC)n2-c2ccc(Cl)cc2)cc1. The predicted octanol–water partition coefficient (Wildman–Crippen LogP) is 5.51. The molecule has 0 saturated heterocycles. The molecule has 0 aliphatic rings. The smallest absolute Gasteiger partial charge is 0.250 e. The Labute approximate surface area is 224 Å². The van der Waals surface area contributed by atoms with E-state index in [1.165, 1.54) is 18.0 Å². The van der Waals surface area contributed by atoms with Gasteiger partial charge in [-0.15, -0.1) is 10.2 Å². The van der Waals surface area contributed by atoms with Gasteiger partial charge in [-0.25, -0.2) is 5.43 Å². The molecule has 0 aliphatic carbocycles. The van der Waals surface area contributed by atoms with E-state index in [0.717, 1.165) is 28.3 Å². The van der Waals surface area contributed by atoms with Crippen molar-refractivity contribution in [3.05, 3.63) is 89.5 Å². The Morgan fingerprint density at radius 2 is 1.78 bits per heavy atom. The van der Waals surface area contributed by atoms with Crippen molar-refractivity contribution in [2.24, 2.45) is 5.10 Å². The molecular weight excluding hydrogens is 510 g/mol. The zero-order valence-corrected chi connectivity index (χ0v) is 21.7. The highest BCUT2D eigenvalue weighted by Crippen LogP contribution is 2.29. The quantitative estimate of drug-likeness (QED) is 0.164. The molecule has 0 atom stereocenters. The van der Waals surface area contributed by atoms with Crippen molar-refractivity contribution in [1.82, 2.24) is 20.2 Å². The summed E-state index contributed by atoms with van der Waals surface area (Å²) in [6, 6.07) is 22.5. The fourth-order valence-electron chi connectivity index (χ4n) is 3.38. The number of methoxy groups -OCH3 is 2. The molecule has 10 heteroatoms. The fraction of sp³-hybridized carbons (Fsp3) is 0.111. The number of carbonyl (C=O) groups excluding carboxylic acids is 1. The first-order valence-electron chi connectivity index (χ1n) is 11.2. The number of allylic oxidation sites excluding steroid dienone is 1. The number of nitrogens with one attached hydrogen (secondary N) is 1. The van der Waals surface area contributed by atoms with Crippen LogP contribution >= 0.6 is 23.4 Å². The number of carbonyl (C=O) groups is 1. The summed E-state index contributed by atoms with van der Waals surface area (Å²) in [7, 11) is 3.23. The van der Waals surface area contributed by atoms with E-state index in [2.05, 4.69) is 20.7 Å². The molecular formula is C27H24ClN5O3S. The molecule has 1 N–H and O–H groups in total. The predicted molar refractivity (Wildman–Crippen MR) is 148 cm³/mol. The van der Waals surface area contributed by atoms with Crippen LogP contribution in [0, 0.1) is 0 Å². The van der Waals surface area contributed by atoms with Gasteiger partial charge >= 0.3 is 0 Å². The average Bonchev–Trinajstić information content (AvgIpc) is 3.36. The van der Waals surface area contributed by atoms with Gasteiger partial charge < -0.3 is 9.47 Å². The molecule has 0 bridgehead atoms. The van der Waals surface area contributed by atoms with Crippen LogP contribution in [0.15, 0.2) is 89.1 Å². The summed E-state index contributed by atoms with van der Waals surface area (Å²) in [5, 5.41) is 13.9. The van der Waals surface area contributed by atoms with Crippen LogP contribution in [0.3, 0.4) is 0 Å². The molecule has 0 fully saturated rings. The molecule has 37 heavy (non-hydrogen) atoms. The van der Waals surface area contributed by atoms with E-state index < -0.39 is 0 Å². The maximum absolute atomic E-state index is 12.4. The van der Waals surface area contributed by atoms with Crippen LogP contribution < -0.4 is 14.9 Å². The van der Waals surface area contributed by atoms with Crippen LogP contribution in [-0.2, 0) is 4.79 Å². The topological polar surface area (TPSA) is 90.6 Å². The van der Waals surface area contributed by atoms with Crippen molar-refractivity contribution < 1.29 is 14.3 Å². The summed E-state index contributed by atoms with van der Waals surface area (Å²) < 4.78 is 12.4. The Balaban J connectivity index is 1.44. The Kier molecular flexibility index (Phi) is 8.96. The van der Waals surface area contributed by atoms with Gasteiger partial charge in [-0.3, -0.25) is 9.36 Å². The Hall–Kier alpha value is -4.08. The molecule has 0 spiro atoms. The van der Waals surface area contributed by atoms with Gasteiger partial charge in [0.2, 0.25) is 0 Å². The molecule has 188 valence electrons. The number of aromatic nitrogens is 3. The number of amides is 1. The standard InChI is InChI=1S/C27H24ClN5O3S/c1-35-23-15-9-20(10-16-23)26-31-32-27(33(26)22-13-11-21(28)12-14-22)37-18-25(34)30-29-17-5-7-19-6-3-4-8-24(19)36-2/h3-17H,18H2,1-2H3,(H,30,34)/b7-5+,29-17+. The van der Waals surface area contributed by atoms with Crippen molar-refractivity contribution in [3.8, 4) is 28.6 Å². The zero-order valence-electron chi connectivity index (χ0n) is 20.2. The van der Waals surface area contributed by atoms with Gasteiger partial charge in [0.1, 0.15) is 11.5 Å². The van der Waals surface area contributed by atoms with Crippen LogP contribution in [-0.4, -0.2) is 46.9 Å². The van der Waals surface area contributed by atoms with Crippen molar-refractivity contribution in [2.75, 3.05) is 20.0 Å². The van der Waals surface area contributed by atoms with Crippen LogP contribution in [0.5, 0.6) is 11.5 Å². The van der Waals surface area contributed by atoms with Gasteiger partial charge in [-0.05, 0) is 66.7 Å². The molecule has 4 rings (SSSR count). The number of hydrogen-bond acceptors (Lipinski definition) is 7. The number of benzene rings is 3. The zero-order chi connectivity index (χ0) is 26.0. The molecule has 4 aromatic rings. The fourth-order valence-corrected chi connectivity index (χ4v) is 4.25. The second kappa shape index (κ2) is 12.8. The first-order chi connectivity index (χ1) is 18.1. The number of ether oxygens (including phenoxy) is 2. The van der Waals surface area contributed by atoms with Gasteiger partial charge in [-0.1, -0.05) is 41.6 Å². The lowest BCUT2D eigenvalue weighted by atomic mass is 10.2. The minimum absolute atomic E-state index is 0.0991. The normalized spacial score (nSPS) is 11.2. The highest BCUT2D eigenvalue weighted by Gasteiger charge is 2.17. The largest absolute Gasteiger partial charge is 0.497 e. The van der Waals surface area contributed by atoms with Crippen molar-refractivity contribution >= 4 is 41.6 Å². The van der Waals surface area contributed by atoms with E-state index in [1.54, 1.807) is 32.4 Å². The van der Waals surface area contributed by atoms with E-state index in [-0.39, 0.29) is 11.7 Å². The lowest BCUT2D eigenvalue weighted by Crippen LogP contribution is -2.19. The summed E-state index contributed by atoms with van der Waals surface area (Å²) in [5.74, 6) is 1.95. The first-order valence-corrected chi connectivity index (χ1v) is 12.6. The lowest BCUT2D eigenvalue weighted by Gasteiger charge is -2.11. The van der Waals surface area contributed by atoms with Gasteiger partial charge in [0.15, 0.2) is 11.0 Å². The van der Waals surface area contributed by atoms with Crippen LogP contribution in [0.4, 0.5) is 0 Å². The second-order valence-electron chi connectivity index (χ2n) is 7.55. The van der Waals surface area contributed by atoms with E-state index in [9.17, 15) is 4.79 Å². The van der Waals surface area contributed by atoms with Gasteiger partial charge in [0.05, 0.1) is 20.0 Å². The van der Waals surface area contributed by atoms with Gasteiger partial charge in [0, 0.05) is 28.1 Å². The Morgan fingerprint density at radius 1 is 1.03 bits per heavy atom. The molecule has 0 saturated carbocycles. The summed E-state index contributed by atoms with van der Waals surface area (Å²) in [5.41, 5.74) is 5.11. The number of hydrazone groups is 1. The number of rotatable bonds is 10. The molecule has 0 unspecified atom stereocenters. The molecule has 0 aliphatic heterocycles. The molecule has 3 aromatic carbocycles. The number of para-hydroxylation sites is 1. The monoisotopic (exact) mass is 533 g/mol. The maximum atomic E-state index is 12.4. The number of halogens is 1. The highest BCUT2D eigenvalue weighted by atomic mass is 35.5. The van der Waals surface area contributed by atoms with Gasteiger partial charge in [0.25, 0.3) is 5.91 Å². The third-order valence-corrected chi connectivity index (χ3v) is 6.34. The summed E-state index contributed by atoms with van der Waals surface area (Å²) in [4.78, 5) is 12.4. The number of hydrogen-bond donors (Lipinski definition) is 1. The summed E-state index contributed by atoms with van der Waals surface area (Å²) >= 11 is 7.34. The van der Waals surface area contributed by atoms with E-state index in [4.69, 9.17) is 21.1 Å². The number of nitrogens with zero attached hydrogens (tertiary/aromatic N) is 4. The second-order valence-corrected chi connectivity index (χ2v) is 8.93. The Bertz CT molecular complexity index is 1400. The van der Waals surface area contributed by atoms with Crippen LogP contribution in [0.1, 0.15) is 5.56 Å². The molecule has 1 amide bonds. The van der Waals surface area contributed by atoms with Crippen molar-refractivity contribution in [3.63, 3.8) is 0 Å².